The Labute approximate surface area is 137 Å². The Kier molecular flexibility index (Phi) is 4.42. The van der Waals surface area contributed by atoms with Crippen molar-refractivity contribution in [2.75, 3.05) is 5.32 Å². The summed E-state index contributed by atoms with van der Waals surface area (Å²) in [5.74, 6) is 0.0651. The molecule has 0 bridgehead atoms. The number of para-hydroxylation sites is 1. The molecule has 0 aliphatic carbocycles. The zero-order chi connectivity index (χ0) is 16.2. The molecule has 0 unspecified atom stereocenters. The minimum atomic E-state index is 0.0651. The van der Waals surface area contributed by atoms with E-state index in [4.69, 9.17) is 0 Å². The first-order chi connectivity index (χ1) is 11.1. The van der Waals surface area contributed by atoms with Crippen LogP contribution in [-0.2, 0) is 11.2 Å². The second-order valence-electron chi connectivity index (χ2n) is 5.95. The van der Waals surface area contributed by atoms with Crippen LogP contribution in [0.3, 0.4) is 0 Å². The van der Waals surface area contributed by atoms with Crippen LogP contribution in [0.5, 0.6) is 0 Å². The lowest BCUT2D eigenvalue weighted by Gasteiger charge is -2.12. The highest BCUT2D eigenvalue weighted by Gasteiger charge is 2.08. The summed E-state index contributed by atoms with van der Waals surface area (Å²) in [5.41, 5.74) is 4.36. The molecule has 1 amide bonds. The van der Waals surface area contributed by atoms with Gasteiger partial charge < -0.3 is 5.32 Å². The van der Waals surface area contributed by atoms with Crippen molar-refractivity contribution in [2.45, 2.75) is 26.7 Å². The maximum absolute atomic E-state index is 12.3. The van der Waals surface area contributed by atoms with E-state index < -0.39 is 0 Å². The lowest BCUT2D eigenvalue weighted by atomic mass is 10.0. The van der Waals surface area contributed by atoms with E-state index >= 15 is 0 Å². The number of aryl methyl sites for hydroxylation is 3. The third kappa shape index (κ3) is 3.42. The van der Waals surface area contributed by atoms with Crippen LogP contribution in [0.25, 0.3) is 10.8 Å². The summed E-state index contributed by atoms with van der Waals surface area (Å²) < 4.78 is 0. The fourth-order valence-electron chi connectivity index (χ4n) is 2.97. The van der Waals surface area contributed by atoms with E-state index in [0.717, 1.165) is 23.2 Å². The Bertz CT molecular complexity index is 826. The first-order valence-electron chi connectivity index (χ1n) is 7.98. The maximum Gasteiger partial charge on any atom is 0.224 e. The van der Waals surface area contributed by atoms with E-state index in [0.29, 0.717) is 6.42 Å². The van der Waals surface area contributed by atoms with Crippen molar-refractivity contribution < 1.29 is 4.79 Å². The van der Waals surface area contributed by atoms with E-state index in [1.54, 1.807) is 0 Å². The van der Waals surface area contributed by atoms with Crippen molar-refractivity contribution >= 4 is 22.4 Å². The molecule has 0 aliphatic heterocycles. The van der Waals surface area contributed by atoms with Crippen LogP contribution in [0, 0.1) is 13.8 Å². The Morgan fingerprint density at radius 1 is 0.870 bits per heavy atom. The van der Waals surface area contributed by atoms with Crippen molar-refractivity contribution in [3.8, 4) is 0 Å². The number of carbonyl (C=O) groups is 1. The second-order valence-corrected chi connectivity index (χ2v) is 5.95. The van der Waals surface area contributed by atoms with Crippen LogP contribution < -0.4 is 5.32 Å². The van der Waals surface area contributed by atoms with Gasteiger partial charge in [-0.3, -0.25) is 4.79 Å². The zero-order valence-corrected chi connectivity index (χ0v) is 13.6. The number of hydrogen-bond donors (Lipinski definition) is 1. The van der Waals surface area contributed by atoms with Crippen LogP contribution in [0.15, 0.2) is 60.7 Å². The minimum Gasteiger partial charge on any atom is -0.326 e. The molecule has 0 fully saturated rings. The Balaban J connectivity index is 1.71. The predicted octanol–water partition coefficient (Wildman–Crippen LogP) is 5.03. The van der Waals surface area contributed by atoms with E-state index in [2.05, 4.69) is 35.6 Å². The number of nitrogens with one attached hydrogen (secondary N) is 1. The molecule has 3 aromatic rings. The third-order valence-corrected chi connectivity index (χ3v) is 4.25. The molecule has 3 aromatic carbocycles. The highest BCUT2D eigenvalue weighted by molar-refractivity contribution is 5.93. The second kappa shape index (κ2) is 6.66. The highest BCUT2D eigenvalue weighted by atomic mass is 16.1. The van der Waals surface area contributed by atoms with E-state index in [9.17, 15) is 4.79 Å². The number of fused-ring (bicyclic) bond motifs is 1. The first kappa shape index (κ1) is 15.3. The predicted molar refractivity (Wildman–Crippen MR) is 96.8 cm³/mol. The molecule has 0 aliphatic rings. The number of carbonyl (C=O) groups excluding carboxylic acids is 1. The number of anilines is 1. The largest absolute Gasteiger partial charge is 0.326 e. The van der Waals surface area contributed by atoms with Crippen LogP contribution in [0.4, 0.5) is 5.69 Å². The monoisotopic (exact) mass is 303 g/mol. The van der Waals surface area contributed by atoms with Gasteiger partial charge in [-0.15, -0.1) is 0 Å². The normalized spacial score (nSPS) is 10.7. The molecule has 0 saturated heterocycles. The van der Waals surface area contributed by atoms with E-state index in [1.807, 2.05) is 44.2 Å². The SMILES string of the molecule is Cc1cccc(C)c1NC(=O)CCc1cccc2ccccc12. The van der Waals surface area contributed by atoms with Crippen LogP contribution in [-0.4, -0.2) is 5.91 Å². The summed E-state index contributed by atoms with van der Waals surface area (Å²) >= 11 is 0. The Morgan fingerprint density at radius 2 is 1.52 bits per heavy atom. The van der Waals surface area contributed by atoms with Gasteiger partial charge in [-0.25, -0.2) is 0 Å². The highest BCUT2D eigenvalue weighted by Crippen LogP contribution is 2.22. The molecule has 3 rings (SSSR count). The fourth-order valence-corrected chi connectivity index (χ4v) is 2.97. The van der Waals surface area contributed by atoms with Crippen molar-refractivity contribution in [1.82, 2.24) is 0 Å². The molecular weight excluding hydrogens is 282 g/mol. The number of benzene rings is 3. The molecule has 2 nitrogen and oxygen atoms in total. The molecular formula is C21H21NO. The summed E-state index contributed by atoms with van der Waals surface area (Å²) in [6.45, 7) is 4.04. The van der Waals surface area contributed by atoms with Gasteiger partial charge in [-0.1, -0.05) is 60.7 Å². The van der Waals surface area contributed by atoms with Crippen molar-refractivity contribution in [2.24, 2.45) is 0 Å². The zero-order valence-electron chi connectivity index (χ0n) is 13.6. The molecule has 0 radical (unpaired) electrons. The molecule has 0 aromatic heterocycles. The standard InChI is InChI=1S/C21H21NO/c1-15-7-5-8-16(2)21(15)22-20(23)14-13-18-11-6-10-17-9-3-4-12-19(17)18/h3-12H,13-14H2,1-2H3,(H,22,23). The molecule has 23 heavy (non-hydrogen) atoms. The number of amides is 1. The van der Waals surface area contributed by atoms with Crippen LogP contribution >= 0.6 is 0 Å². The summed E-state index contributed by atoms with van der Waals surface area (Å²) in [7, 11) is 0. The van der Waals surface area contributed by atoms with Crippen molar-refractivity contribution in [3.63, 3.8) is 0 Å². The first-order valence-corrected chi connectivity index (χ1v) is 7.98. The van der Waals surface area contributed by atoms with Gasteiger partial charge in [0, 0.05) is 12.1 Å². The van der Waals surface area contributed by atoms with Gasteiger partial charge in [-0.05, 0) is 47.7 Å². The fraction of sp³-hybridized carbons (Fsp3) is 0.190. The Hall–Kier alpha value is -2.61. The number of hydrogen-bond acceptors (Lipinski definition) is 1. The average Bonchev–Trinajstić information content (AvgIpc) is 2.56. The molecule has 0 saturated carbocycles. The van der Waals surface area contributed by atoms with Gasteiger partial charge in [-0.2, -0.15) is 0 Å². The van der Waals surface area contributed by atoms with Crippen molar-refractivity contribution in [3.05, 3.63) is 77.4 Å². The molecule has 0 spiro atoms. The summed E-state index contributed by atoms with van der Waals surface area (Å²) in [4.78, 5) is 12.3. The van der Waals surface area contributed by atoms with Gasteiger partial charge in [0.2, 0.25) is 5.91 Å². The van der Waals surface area contributed by atoms with Gasteiger partial charge in [0.15, 0.2) is 0 Å². The molecule has 116 valence electrons. The van der Waals surface area contributed by atoms with Crippen molar-refractivity contribution in [1.29, 1.82) is 0 Å². The molecule has 0 atom stereocenters. The molecule has 2 heteroatoms. The average molecular weight is 303 g/mol. The van der Waals surface area contributed by atoms with E-state index in [-0.39, 0.29) is 5.91 Å². The smallest absolute Gasteiger partial charge is 0.224 e. The van der Waals surface area contributed by atoms with Gasteiger partial charge in [0.1, 0.15) is 0 Å². The van der Waals surface area contributed by atoms with Crippen LogP contribution in [0.1, 0.15) is 23.1 Å². The molecule has 0 heterocycles. The van der Waals surface area contributed by atoms with E-state index in [1.165, 1.54) is 16.3 Å². The summed E-state index contributed by atoms with van der Waals surface area (Å²) in [5, 5.41) is 5.51. The van der Waals surface area contributed by atoms with Gasteiger partial charge in [0.25, 0.3) is 0 Å². The summed E-state index contributed by atoms with van der Waals surface area (Å²) in [6, 6.07) is 20.6. The molecule has 1 N–H and O–H groups in total. The minimum absolute atomic E-state index is 0.0651. The third-order valence-electron chi connectivity index (χ3n) is 4.25. The topological polar surface area (TPSA) is 29.1 Å². The lowest BCUT2D eigenvalue weighted by molar-refractivity contribution is -0.116. The van der Waals surface area contributed by atoms with Gasteiger partial charge >= 0.3 is 0 Å². The lowest BCUT2D eigenvalue weighted by Crippen LogP contribution is -2.14. The Morgan fingerprint density at radius 3 is 2.30 bits per heavy atom. The number of rotatable bonds is 4. The quantitative estimate of drug-likeness (QED) is 0.719. The summed E-state index contributed by atoms with van der Waals surface area (Å²) in [6.07, 6.45) is 1.24. The van der Waals surface area contributed by atoms with Crippen LogP contribution in [0.2, 0.25) is 0 Å². The maximum atomic E-state index is 12.3. The van der Waals surface area contributed by atoms with Gasteiger partial charge in [0.05, 0.1) is 0 Å².